The number of aromatic nitrogens is 1. The van der Waals surface area contributed by atoms with Crippen LogP contribution in [0.4, 0.5) is 4.39 Å². The van der Waals surface area contributed by atoms with Gasteiger partial charge in [-0.2, -0.15) is 0 Å². The van der Waals surface area contributed by atoms with E-state index in [0.29, 0.717) is 12.4 Å². The van der Waals surface area contributed by atoms with Crippen LogP contribution in [0.1, 0.15) is 11.4 Å². The predicted molar refractivity (Wildman–Crippen MR) is 59.7 cm³/mol. The molecule has 0 bridgehead atoms. The largest absolute Gasteiger partial charge is 0.487 e. The number of hydrogen-bond donors (Lipinski definition) is 0. The normalized spacial score (nSPS) is 10.1. The van der Waals surface area contributed by atoms with Crippen molar-refractivity contribution >= 4 is 0 Å². The van der Waals surface area contributed by atoms with Crippen molar-refractivity contribution in [3.8, 4) is 5.75 Å². The van der Waals surface area contributed by atoms with Gasteiger partial charge in [0.05, 0.1) is 5.69 Å². The molecule has 0 N–H and O–H groups in total. The minimum atomic E-state index is -0.297. The first kappa shape index (κ1) is 10.6. The Morgan fingerprint density at radius 1 is 1.19 bits per heavy atom. The summed E-state index contributed by atoms with van der Waals surface area (Å²) in [6.07, 6.45) is 0. The summed E-state index contributed by atoms with van der Waals surface area (Å²) in [4.78, 5) is 4.29. The average molecular weight is 217 g/mol. The zero-order chi connectivity index (χ0) is 11.4. The molecule has 0 aliphatic carbocycles. The monoisotopic (exact) mass is 217 g/mol. The number of aryl methyl sites for hydroxylation is 1. The molecule has 1 aromatic carbocycles. The van der Waals surface area contributed by atoms with E-state index >= 15 is 0 Å². The van der Waals surface area contributed by atoms with Crippen molar-refractivity contribution in [2.24, 2.45) is 0 Å². The second-order valence-electron chi connectivity index (χ2n) is 3.52. The molecule has 0 unspecified atom stereocenters. The van der Waals surface area contributed by atoms with Crippen LogP contribution in [0.15, 0.2) is 42.5 Å². The second kappa shape index (κ2) is 4.75. The molecule has 16 heavy (non-hydrogen) atoms. The Balaban J connectivity index is 2.02. The maximum absolute atomic E-state index is 12.9. The zero-order valence-electron chi connectivity index (χ0n) is 8.98. The molecule has 0 spiro atoms. The lowest BCUT2D eigenvalue weighted by Gasteiger charge is -2.05. The molecule has 0 saturated heterocycles. The van der Waals surface area contributed by atoms with Gasteiger partial charge in [0.15, 0.2) is 0 Å². The van der Waals surface area contributed by atoms with Crippen LogP contribution in [0.3, 0.4) is 0 Å². The molecule has 2 rings (SSSR count). The van der Waals surface area contributed by atoms with Crippen LogP contribution in [0, 0.1) is 12.7 Å². The number of ether oxygens (including phenoxy) is 1. The summed E-state index contributed by atoms with van der Waals surface area (Å²) < 4.78 is 18.3. The van der Waals surface area contributed by atoms with E-state index < -0.39 is 0 Å². The Kier molecular flexibility index (Phi) is 3.15. The van der Waals surface area contributed by atoms with Crippen molar-refractivity contribution in [2.75, 3.05) is 0 Å². The number of nitrogens with zero attached hydrogens (tertiary/aromatic N) is 1. The van der Waals surface area contributed by atoms with Crippen molar-refractivity contribution in [3.05, 3.63) is 59.7 Å². The van der Waals surface area contributed by atoms with Crippen LogP contribution in [0.5, 0.6) is 5.75 Å². The van der Waals surface area contributed by atoms with Gasteiger partial charge in [0.25, 0.3) is 0 Å². The molecule has 0 amide bonds. The van der Waals surface area contributed by atoms with Crippen LogP contribution in [-0.2, 0) is 6.61 Å². The smallest absolute Gasteiger partial charge is 0.130 e. The van der Waals surface area contributed by atoms with E-state index in [4.69, 9.17) is 4.74 Å². The van der Waals surface area contributed by atoms with Gasteiger partial charge < -0.3 is 4.74 Å². The molecule has 0 saturated carbocycles. The molecule has 82 valence electrons. The zero-order valence-corrected chi connectivity index (χ0v) is 8.98. The average Bonchev–Trinajstić information content (AvgIpc) is 2.27. The molecule has 2 nitrogen and oxygen atoms in total. The van der Waals surface area contributed by atoms with Crippen LogP contribution in [0.25, 0.3) is 0 Å². The molecule has 0 fully saturated rings. The molecule has 0 radical (unpaired) electrons. The summed E-state index contributed by atoms with van der Waals surface area (Å²) in [6, 6.07) is 11.8. The molecular formula is C13H12FNO. The molecule has 1 heterocycles. The highest BCUT2D eigenvalue weighted by atomic mass is 19.1. The van der Waals surface area contributed by atoms with E-state index in [0.717, 1.165) is 11.4 Å². The minimum Gasteiger partial charge on any atom is -0.487 e. The van der Waals surface area contributed by atoms with E-state index in [1.807, 2.05) is 25.1 Å². The fraction of sp³-hybridized carbons (Fsp3) is 0.154. The molecule has 0 atom stereocenters. The molecule has 1 aromatic heterocycles. The number of benzene rings is 1. The second-order valence-corrected chi connectivity index (χ2v) is 3.52. The Bertz CT molecular complexity index is 439. The quantitative estimate of drug-likeness (QED) is 0.788. The molecular weight excluding hydrogens is 205 g/mol. The van der Waals surface area contributed by atoms with E-state index in [-0.39, 0.29) is 5.82 Å². The number of pyridine rings is 1. The van der Waals surface area contributed by atoms with Crippen LogP contribution in [-0.4, -0.2) is 4.98 Å². The highest BCUT2D eigenvalue weighted by Crippen LogP contribution is 2.13. The predicted octanol–water partition coefficient (Wildman–Crippen LogP) is 3.11. The highest BCUT2D eigenvalue weighted by molar-refractivity contribution is 5.22. The number of rotatable bonds is 3. The van der Waals surface area contributed by atoms with Gasteiger partial charge in [0.1, 0.15) is 18.2 Å². The number of hydrogen-bond acceptors (Lipinski definition) is 2. The first-order valence-electron chi connectivity index (χ1n) is 5.05. The molecule has 3 heteroatoms. The summed E-state index contributed by atoms with van der Waals surface area (Å²) in [6.45, 7) is 2.27. The van der Waals surface area contributed by atoms with E-state index in [1.165, 1.54) is 12.1 Å². The summed E-state index contributed by atoms with van der Waals surface area (Å²) in [7, 11) is 0. The van der Waals surface area contributed by atoms with Crippen LogP contribution in [0.2, 0.25) is 0 Å². The first-order valence-corrected chi connectivity index (χ1v) is 5.05. The van der Waals surface area contributed by atoms with Crippen molar-refractivity contribution in [3.63, 3.8) is 0 Å². The van der Waals surface area contributed by atoms with Gasteiger partial charge in [-0.15, -0.1) is 0 Å². The highest BCUT2D eigenvalue weighted by Gasteiger charge is 1.98. The lowest BCUT2D eigenvalue weighted by Crippen LogP contribution is -1.99. The summed E-state index contributed by atoms with van der Waals surface area (Å²) in [5, 5.41) is 0. The van der Waals surface area contributed by atoms with Gasteiger partial charge in [-0.3, -0.25) is 4.98 Å². The summed E-state index contributed by atoms with van der Waals surface area (Å²) in [5.74, 6) is 0.220. The maximum Gasteiger partial charge on any atom is 0.130 e. The van der Waals surface area contributed by atoms with Gasteiger partial charge in [-0.1, -0.05) is 12.1 Å². The van der Waals surface area contributed by atoms with Gasteiger partial charge in [0.2, 0.25) is 0 Å². The van der Waals surface area contributed by atoms with Crippen molar-refractivity contribution in [1.82, 2.24) is 4.98 Å². The van der Waals surface area contributed by atoms with Gasteiger partial charge in [0, 0.05) is 11.8 Å². The van der Waals surface area contributed by atoms with E-state index in [1.54, 1.807) is 12.1 Å². The van der Waals surface area contributed by atoms with Gasteiger partial charge in [-0.25, -0.2) is 4.39 Å². The third-order valence-corrected chi connectivity index (χ3v) is 2.13. The van der Waals surface area contributed by atoms with E-state index in [9.17, 15) is 4.39 Å². The van der Waals surface area contributed by atoms with Gasteiger partial charge >= 0.3 is 0 Å². The fourth-order valence-electron chi connectivity index (χ4n) is 1.39. The fourth-order valence-corrected chi connectivity index (χ4v) is 1.39. The third-order valence-electron chi connectivity index (χ3n) is 2.13. The van der Waals surface area contributed by atoms with Gasteiger partial charge in [-0.05, 0) is 31.2 Å². The van der Waals surface area contributed by atoms with Crippen LogP contribution >= 0.6 is 0 Å². The number of halogens is 1. The third kappa shape index (κ3) is 2.79. The van der Waals surface area contributed by atoms with Crippen molar-refractivity contribution in [1.29, 1.82) is 0 Å². The summed E-state index contributed by atoms with van der Waals surface area (Å²) >= 11 is 0. The van der Waals surface area contributed by atoms with Crippen molar-refractivity contribution in [2.45, 2.75) is 13.5 Å². The molecule has 0 aliphatic heterocycles. The lowest BCUT2D eigenvalue weighted by molar-refractivity contribution is 0.299. The van der Waals surface area contributed by atoms with Crippen LogP contribution < -0.4 is 4.74 Å². The first-order chi connectivity index (χ1) is 7.74. The minimum absolute atomic E-state index is 0.297. The molecule has 0 aliphatic rings. The Hall–Kier alpha value is -1.90. The Labute approximate surface area is 93.7 Å². The van der Waals surface area contributed by atoms with E-state index in [2.05, 4.69) is 4.98 Å². The lowest BCUT2D eigenvalue weighted by atomic mass is 10.3. The topological polar surface area (TPSA) is 22.1 Å². The Morgan fingerprint density at radius 3 is 2.75 bits per heavy atom. The Morgan fingerprint density at radius 2 is 2.00 bits per heavy atom. The van der Waals surface area contributed by atoms with Crippen molar-refractivity contribution < 1.29 is 9.13 Å². The summed E-state index contributed by atoms with van der Waals surface area (Å²) in [5.41, 5.74) is 1.78. The maximum atomic E-state index is 12.9. The molecule has 2 aromatic rings. The SMILES string of the molecule is Cc1cccc(COc2cccc(F)c2)n1. The standard InChI is InChI=1S/C13H12FNO/c1-10-4-2-6-12(15-10)9-16-13-7-3-5-11(14)8-13/h2-8H,9H2,1H3.